The van der Waals surface area contributed by atoms with Gasteiger partial charge < -0.3 is 9.84 Å². The van der Waals surface area contributed by atoms with Gasteiger partial charge in [-0.2, -0.15) is 11.8 Å². The second kappa shape index (κ2) is 7.21. The molecule has 0 bridgehead atoms. The Hall–Kier alpha value is -0.220. The summed E-state index contributed by atoms with van der Waals surface area (Å²) in [5, 5.41) is 9.05. The highest BCUT2D eigenvalue weighted by molar-refractivity contribution is 7.99. The Labute approximate surface area is 83.9 Å². The lowest BCUT2D eigenvalue weighted by Gasteiger charge is -2.12. The molecule has 0 aliphatic heterocycles. The zero-order chi connectivity index (χ0) is 10.3. The summed E-state index contributed by atoms with van der Waals surface area (Å²) in [6, 6.07) is 0. The number of carbonyl (C=O) groups excluding carboxylic acids is 1. The molecule has 0 rings (SSSR count). The van der Waals surface area contributed by atoms with Gasteiger partial charge in [-0.1, -0.05) is 13.8 Å². The molecule has 78 valence electrons. The zero-order valence-corrected chi connectivity index (χ0v) is 9.26. The van der Waals surface area contributed by atoms with Gasteiger partial charge in [0.2, 0.25) is 0 Å². The van der Waals surface area contributed by atoms with Crippen LogP contribution < -0.4 is 0 Å². The molecule has 0 saturated carbocycles. The second-order valence-electron chi connectivity index (χ2n) is 3.08. The van der Waals surface area contributed by atoms with E-state index in [9.17, 15) is 4.79 Å². The Balaban J connectivity index is 3.56. The van der Waals surface area contributed by atoms with Crippen molar-refractivity contribution in [2.45, 2.75) is 25.5 Å². The molecule has 0 aromatic heterocycles. The fraction of sp³-hybridized carbons (Fsp3) is 0.889. The number of hydrogen-bond acceptors (Lipinski definition) is 4. The van der Waals surface area contributed by atoms with Crippen LogP contribution in [0.25, 0.3) is 0 Å². The number of aliphatic hydroxyl groups is 1. The highest BCUT2D eigenvalue weighted by Gasteiger charge is 2.14. The summed E-state index contributed by atoms with van der Waals surface area (Å²) in [6.07, 6.45) is 0.776. The van der Waals surface area contributed by atoms with E-state index in [0.717, 1.165) is 12.2 Å². The SMILES string of the molecule is COC(=O)C(C)CSC(C)CCO. The van der Waals surface area contributed by atoms with Gasteiger partial charge in [-0.15, -0.1) is 0 Å². The van der Waals surface area contributed by atoms with Crippen LogP contribution in [0.1, 0.15) is 20.3 Å². The second-order valence-corrected chi connectivity index (χ2v) is 4.55. The standard InChI is InChI=1S/C9H18O3S/c1-7(9(11)12-3)6-13-8(2)4-5-10/h7-8,10H,4-6H2,1-3H3. The average molecular weight is 206 g/mol. The van der Waals surface area contributed by atoms with Crippen LogP contribution in [0.4, 0.5) is 0 Å². The van der Waals surface area contributed by atoms with Crippen LogP contribution in [0.2, 0.25) is 0 Å². The minimum Gasteiger partial charge on any atom is -0.469 e. The largest absolute Gasteiger partial charge is 0.469 e. The van der Waals surface area contributed by atoms with E-state index < -0.39 is 0 Å². The van der Waals surface area contributed by atoms with E-state index in [1.165, 1.54) is 7.11 Å². The quantitative estimate of drug-likeness (QED) is 0.665. The molecule has 0 aromatic carbocycles. The van der Waals surface area contributed by atoms with Gasteiger partial charge in [-0.05, 0) is 6.42 Å². The van der Waals surface area contributed by atoms with Gasteiger partial charge in [0.15, 0.2) is 0 Å². The first-order valence-electron chi connectivity index (χ1n) is 4.42. The van der Waals surface area contributed by atoms with Gasteiger partial charge in [-0.3, -0.25) is 4.79 Å². The molecule has 0 amide bonds. The van der Waals surface area contributed by atoms with E-state index in [1.807, 2.05) is 13.8 Å². The fourth-order valence-electron chi connectivity index (χ4n) is 0.843. The molecule has 0 aliphatic carbocycles. The molecular weight excluding hydrogens is 188 g/mol. The molecule has 0 aromatic rings. The maximum absolute atomic E-state index is 11.0. The molecule has 1 N–H and O–H groups in total. The average Bonchev–Trinajstić information content (AvgIpc) is 2.13. The summed E-state index contributed by atoms with van der Waals surface area (Å²) >= 11 is 1.69. The lowest BCUT2D eigenvalue weighted by molar-refractivity contribution is -0.143. The molecule has 0 heterocycles. The minimum atomic E-state index is -0.163. The van der Waals surface area contributed by atoms with E-state index in [-0.39, 0.29) is 18.5 Å². The van der Waals surface area contributed by atoms with E-state index in [1.54, 1.807) is 11.8 Å². The maximum Gasteiger partial charge on any atom is 0.309 e. The van der Waals surface area contributed by atoms with Crippen LogP contribution in [0, 0.1) is 5.92 Å². The van der Waals surface area contributed by atoms with E-state index >= 15 is 0 Å². The third kappa shape index (κ3) is 5.93. The van der Waals surface area contributed by atoms with Gasteiger partial charge in [0.05, 0.1) is 13.0 Å². The van der Waals surface area contributed by atoms with E-state index in [4.69, 9.17) is 5.11 Å². The number of rotatable bonds is 6. The Morgan fingerprint density at radius 1 is 1.54 bits per heavy atom. The van der Waals surface area contributed by atoms with Crippen molar-refractivity contribution in [1.82, 2.24) is 0 Å². The highest BCUT2D eigenvalue weighted by Crippen LogP contribution is 2.17. The topological polar surface area (TPSA) is 46.5 Å². The molecule has 2 atom stereocenters. The molecule has 0 spiro atoms. The number of esters is 1. The smallest absolute Gasteiger partial charge is 0.309 e. The number of ether oxygens (including phenoxy) is 1. The van der Waals surface area contributed by atoms with Crippen LogP contribution in [0.5, 0.6) is 0 Å². The summed E-state index contributed by atoms with van der Waals surface area (Å²) in [5.41, 5.74) is 0. The number of hydrogen-bond donors (Lipinski definition) is 1. The summed E-state index contributed by atoms with van der Waals surface area (Å²) < 4.78 is 4.60. The van der Waals surface area contributed by atoms with Crippen molar-refractivity contribution in [3.63, 3.8) is 0 Å². The Morgan fingerprint density at radius 3 is 2.62 bits per heavy atom. The molecule has 0 radical (unpaired) electrons. The van der Waals surface area contributed by atoms with Crippen LogP contribution in [0.15, 0.2) is 0 Å². The third-order valence-corrected chi connectivity index (χ3v) is 3.27. The number of aliphatic hydroxyl groups excluding tert-OH is 1. The number of carbonyl (C=O) groups is 1. The summed E-state index contributed by atoms with van der Waals surface area (Å²) in [7, 11) is 1.40. The van der Waals surface area contributed by atoms with Crippen LogP contribution in [0.3, 0.4) is 0 Å². The van der Waals surface area contributed by atoms with Crippen LogP contribution in [-0.4, -0.2) is 35.8 Å². The molecule has 13 heavy (non-hydrogen) atoms. The van der Waals surface area contributed by atoms with Gasteiger partial charge >= 0.3 is 5.97 Å². The first-order chi connectivity index (χ1) is 6.11. The van der Waals surface area contributed by atoms with Crippen molar-refractivity contribution in [1.29, 1.82) is 0 Å². The van der Waals surface area contributed by atoms with E-state index in [2.05, 4.69) is 4.74 Å². The summed E-state index contributed by atoms with van der Waals surface area (Å²) in [5.74, 6) is 0.535. The van der Waals surface area contributed by atoms with Crippen molar-refractivity contribution in [2.24, 2.45) is 5.92 Å². The lowest BCUT2D eigenvalue weighted by Crippen LogP contribution is -2.16. The highest BCUT2D eigenvalue weighted by atomic mass is 32.2. The summed E-state index contributed by atoms with van der Waals surface area (Å²) in [4.78, 5) is 11.0. The van der Waals surface area contributed by atoms with Crippen molar-refractivity contribution >= 4 is 17.7 Å². The fourth-order valence-corrected chi connectivity index (χ4v) is 1.87. The van der Waals surface area contributed by atoms with Crippen LogP contribution in [-0.2, 0) is 9.53 Å². The predicted molar refractivity (Wildman–Crippen MR) is 54.8 cm³/mol. The van der Waals surface area contributed by atoms with Crippen molar-refractivity contribution in [3.05, 3.63) is 0 Å². The molecule has 4 heteroatoms. The molecule has 0 saturated heterocycles. The Kier molecular flexibility index (Phi) is 7.09. The molecule has 0 fully saturated rings. The summed E-state index contributed by atoms with van der Waals surface area (Å²) in [6.45, 7) is 4.11. The minimum absolute atomic E-state index is 0.0591. The third-order valence-electron chi connectivity index (χ3n) is 1.77. The predicted octanol–water partition coefficient (Wildman–Crippen LogP) is 1.30. The van der Waals surface area contributed by atoms with Crippen molar-refractivity contribution in [2.75, 3.05) is 19.5 Å². The monoisotopic (exact) mass is 206 g/mol. The molecule has 0 aliphatic rings. The van der Waals surface area contributed by atoms with Crippen molar-refractivity contribution in [3.8, 4) is 0 Å². The van der Waals surface area contributed by atoms with Gasteiger partial charge in [-0.25, -0.2) is 0 Å². The molecule has 2 unspecified atom stereocenters. The van der Waals surface area contributed by atoms with Crippen molar-refractivity contribution < 1.29 is 14.6 Å². The molecular formula is C9H18O3S. The van der Waals surface area contributed by atoms with Gasteiger partial charge in [0.1, 0.15) is 0 Å². The number of methoxy groups -OCH3 is 1. The van der Waals surface area contributed by atoms with Gasteiger partial charge in [0, 0.05) is 17.6 Å². The first kappa shape index (κ1) is 12.8. The maximum atomic E-state index is 11.0. The zero-order valence-electron chi connectivity index (χ0n) is 8.45. The first-order valence-corrected chi connectivity index (χ1v) is 5.47. The normalized spacial score (nSPS) is 15.1. The Bertz CT molecular complexity index is 150. The lowest BCUT2D eigenvalue weighted by atomic mass is 10.2. The molecule has 3 nitrogen and oxygen atoms in total. The number of thioether (sulfide) groups is 1. The Morgan fingerprint density at radius 2 is 2.15 bits per heavy atom. The van der Waals surface area contributed by atoms with E-state index in [0.29, 0.717) is 5.25 Å². The van der Waals surface area contributed by atoms with Crippen LogP contribution >= 0.6 is 11.8 Å². The van der Waals surface area contributed by atoms with Gasteiger partial charge in [0.25, 0.3) is 0 Å².